The van der Waals surface area contributed by atoms with Gasteiger partial charge in [0.25, 0.3) is 0 Å². The number of hydrogen-bond acceptors (Lipinski definition) is 3. The van der Waals surface area contributed by atoms with E-state index in [9.17, 15) is 9.59 Å². The Bertz CT molecular complexity index is 170. The maximum absolute atomic E-state index is 10.7. The van der Waals surface area contributed by atoms with E-state index in [1.807, 2.05) is 34.6 Å². The number of carbonyl (C=O) groups is 2. The molecule has 0 atom stereocenters. The van der Waals surface area contributed by atoms with Gasteiger partial charge < -0.3 is 10.1 Å². The summed E-state index contributed by atoms with van der Waals surface area (Å²) in [5.74, 6) is 0.0733. The molecule has 0 bridgehead atoms. The van der Waals surface area contributed by atoms with Gasteiger partial charge in [0.15, 0.2) is 5.78 Å². The van der Waals surface area contributed by atoms with Crippen LogP contribution in [0.25, 0.3) is 0 Å². The molecular weight excluding hydrogens is 218 g/mol. The first-order chi connectivity index (χ1) is 8.16. The SMILES string of the molecule is CC.CC.CCC(=O)NCCCOCC(C)=O. The summed E-state index contributed by atoms with van der Waals surface area (Å²) in [4.78, 5) is 21.2. The van der Waals surface area contributed by atoms with Gasteiger partial charge in [0.2, 0.25) is 5.91 Å². The monoisotopic (exact) mass is 247 g/mol. The van der Waals surface area contributed by atoms with Crippen LogP contribution in [0, 0.1) is 0 Å². The average Bonchev–Trinajstić information content (AvgIpc) is 2.37. The Balaban J connectivity index is -0.000000439. The molecule has 1 amide bonds. The van der Waals surface area contributed by atoms with Gasteiger partial charge in [-0.3, -0.25) is 9.59 Å². The van der Waals surface area contributed by atoms with Crippen molar-refractivity contribution in [1.29, 1.82) is 0 Å². The highest BCUT2D eigenvalue weighted by Gasteiger charge is 1.96. The van der Waals surface area contributed by atoms with Gasteiger partial charge in [-0.05, 0) is 13.3 Å². The van der Waals surface area contributed by atoms with Gasteiger partial charge in [-0.25, -0.2) is 0 Å². The number of Topliss-reactive ketones (excluding diaryl/α,β-unsaturated/α-hetero) is 1. The highest BCUT2D eigenvalue weighted by molar-refractivity contribution is 5.76. The van der Waals surface area contributed by atoms with E-state index in [4.69, 9.17) is 4.74 Å². The fraction of sp³-hybridized carbons (Fsp3) is 0.846. The summed E-state index contributed by atoms with van der Waals surface area (Å²) in [6.45, 7) is 12.6. The van der Waals surface area contributed by atoms with E-state index >= 15 is 0 Å². The molecule has 0 spiro atoms. The molecule has 0 rings (SSSR count). The van der Waals surface area contributed by atoms with Crippen LogP contribution >= 0.6 is 0 Å². The summed E-state index contributed by atoms with van der Waals surface area (Å²) in [5.41, 5.74) is 0. The predicted molar refractivity (Wildman–Crippen MR) is 72.1 cm³/mol. The number of carbonyl (C=O) groups excluding carboxylic acids is 2. The van der Waals surface area contributed by atoms with E-state index in [0.29, 0.717) is 19.6 Å². The minimum atomic E-state index is 0.0255. The molecule has 0 aromatic rings. The highest BCUT2D eigenvalue weighted by Crippen LogP contribution is 1.83. The number of ketones is 1. The Morgan fingerprint density at radius 1 is 1.12 bits per heavy atom. The van der Waals surface area contributed by atoms with E-state index in [2.05, 4.69) is 5.32 Å². The Labute approximate surface area is 106 Å². The van der Waals surface area contributed by atoms with Crippen LogP contribution in [0.3, 0.4) is 0 Å². The molecule has 0 aliphatic rings. The molecule has 0 saturated carbocycles. The van der Waals surface area contributed by atoms with Gasteiger partial charge >= 0.3 is 0 Å². The standard InChI is InChI=1S/C9H17NO3.2C2H6/c1-3-9(12)10-5-4-6-13-7-8(2)11;2*1-2/h3-7H2,1-2H3,(H,10,12);2*1-2H3. The van der Waals surface area contributed by atoms with Crippen LogP contribution in [0.4, 0.5) is 0 Å². The Morgan fingerprint density at radius 2 is 1.65 bits per heavy atom. The van der Waals surface area contributed by atoms with Crippen molar-refractivity contribution in [2.75, 3.05) is 19.8 Å². The lowest BCUT2D eigenvalue weighted by atomic mass is 10.4. The maximum atomic E-state index is 10.7. The minimum absolute atomic E-state index is 0.0255. The summed E-state index contributed by atoms with van der Waals surface area (Å²) in [7, 11) is 0. The largest absolute Gasteiger partial charge is 0.374 e. The smallest absolute Gasteiger partial charge is 0.219 e. The van der Waals surface area contributed by atoms with E-state index in [0.717, 1.165) is 6.42 Å². The molecule has 0 aliphatic carbocycles. The van der Waals surface area contributed by atoms with Gasteiger partial charge in [-0.15, -0.1) is 0 Å². The van der Waals surface area contributed by atoms with Crippen LogP contribution in [0.15, 0.2) is 0 Å². The first-order valence-corrected chi connectivity index (χ1v) is 6.50. The first-order valence-electron chi connectivity index (χ1n) is 6.50. The van der Waals surface area contributed by atoms with Crippen molar-refractivity contribution in [3.8, 4) is 0 Å². The Hall–Kier alpha value is -0.900. The van der Waals surface area contributed by atoms with Gasteiger partial charge in [0.1, 0.15) is 6.61 Å². The maximum Gasteiger partial charge on any atom is 0.219 e. The van der Waals surface area contributed by atoms with E-state index < -0.39 is 0 Å². The van der Waals surface area contributed by atoms with Gasteiger partial charge in [0.05, 0.1) is 0 Å². The van der Waals surface area contributed by atoms with E-state index in [1.165, 1.54) is 6.92 Å². The van der Waals surface area contributed by atoms with Gasteiger partial charge in [0, 0.05) is 19.6 Å². The third-order valence-corrected chi connectivity index (χ3v) is 1.41. The zero-order valence-electron chi connectivity index (χ0n) is 12.3. The molecule has 0 unspecified atom stereocenters. The fourth-order valence-electron chi connectivity index (χ4n) is 0.743. The molecule has 4 heteroatoms. The lowest BCUT2D eigenvalue weighted by molar-refractivity contribution is -0.122. The lowest BCUT2D eigenvalue weighted by Crippen LogP contribution is -2.24. The molecule has 0 aromatic heterocycles. The lowest BCUT2D eigenvalue weighted by Gasteiger charge is -2.03. The van der Waals surface area contributed by atoms with Gasteiger partial charge in [-0.2, -0.15) is 0 Å². The summed E-state index contributed by atoms with van der Waals surface area (Å²) in [6.07, 6.45) is 1.26. The number of rotatable bonds is 7. The molecular formula is C13H29NO3. The van der Waals surface area contributed by atoms with Crippen LogP contribution in [0.1, 0.15) is 54.4 Å². The molecule has 17 heavy (non-hydrogen) atoms. The normalized spacial score (nSPS) is 8.12. The highest BCUT2D eigenvalue weighted by atomic mass is 16.5. The fourth-order valence-corrected chi connectivity index (χ4v) is 0.743. The second-order valence-electron chi connectivity index (χ2n) is 2.81. The number of nitrogens with one attached hydrogen (secondary N) is 1. The van der Waals surface area contributed by atoms with Crippen LogP contribution in [0.2, 0.25) is 0 Å². The van der Waals surface area contributed by atoms with Crippen molar-refractivity contribution in [3.05, 3.63) is 0 Å². The topological polar surface area (TPSA) is 55.4 Å². The molecule has 0 fully saturated rings. The summed E-state index contributed by atoms with van der Waals surface area (Å²) < 4.78 is 5.01. The Morgan fingerprint density at radius 3 is 2.06 bits per heavy atom. The molecule has 0 heterocycles. The number of ether oxygens (including phenoxy) is 1. The predicted octanol–water partition coefficient (Wildman–Crippen LogP) is 2.56. The zero-order valence-corrected chi connectivity index (χ0v) is 12.3. The van der Waals surface area contributed by atoms with Crippen molar-refractivity contribution < 1.29 is 14.3 Å². The van der Waals surface area contributed by atoms with E-state index in [-0.39, 0.29) is 18.3 Å². The quantitative estimate of drug-likeness (QED) is 0.703. The molecule has 0 saturated heterocycles. The van der Waals surface area contributed by atoms with Crippen LogP contribution < -0.4 is 5.32 Å². The Kier molecular flexibility index (Phi) is 25.8. The molecule has 0 aromatic carbocycles. The number of amides is 1. The molecule has 0 aliphatic heterocycles. The summed E-state index contributed by atoms with van der Waals surface area (Å²) in [5, 5.41) is 2.72. The number of hydrogen-bond donors (Lipinski definition) is 1. The third-order valence-electron chi connectivity index (χ3n) is 1.41. The molecule has 0 radical (unpaired) electrons. The second-order valence-corrected chi connectivity index (χ2v) is 2.81. The molecule has 1 N–H and O–H groups in total. The molecule has 104 valence electrons. The summed E-state index contributed by atoms with van der Waals surface area (Å²) in [6, 6.07) is 0. The van der Waals surface area contributed by atoms with Crippen molar-refractivity contribution >= 4 is 11.7 Å². The van der Waals surface area contributed by atoms with E-state index in [1.54, 1.807) is 0 Å². The summed E-state index contributed by atoms with van der Waals surface area (Å²) >= 11 is 0. The van der Waals surface area contributed by atoms with Crippen LogP contribution in [-0.4, -0.2) is 31.4 Å². The van der Waals surface area contributed by atoms with Crippen LogP contribution in [-0.2, 0) is 14.3 Å². The first kappa shape index (κ1) is 21.4. The minimum Gasteiger partial charge on any atom is -0.374 e. The van der Waals surface area contributed by atoms with Crippen molar-refractivity contribution in [1.82, 2.24) is 5.32 Å². The third kappa shape index (κ3) is 25.4. The van der Waals surface area contributed by atoms with Crippen LogP contribution in [0.5, 0.6) is 0 Å². The van der Waals surface area contributed by atoms with Crippen molar-refractivity contribution in [2.24, 2.45) is 0 Å². The van der Waals surface area contributed by atoms with Crippen molar-refractivity contribution in [2.45, 2.75) is 54.4 Å². The molecule has 4 nitrogen and oxygen atoms in total. The van der Waals surface area contributed by atoms with Gasteiger partial charge in [-0.1, -0.05) is 34.6 Å². The zero-order chi connectivity index (χ0) is 14.1. The van der Waals surface area contributed by atoms with Crippen molar-refractivity contribution in [3.63, 3.8) is 0 Å². The average molecular weight is 247 g/mol. The second kappa shape index (κ2) is 20.5.